The zero-order valence-corrected chi connectivity index (χ0v) is 9.45. The zero-order valence-electron chi connectivity index (χ0n) is 9.45. The van der Waals surface area contributed by atoms with E-state index in [4.69, 9.17) is 11.1 Å². The molecular formula is C10H22N4. The molecule has 82 valence electrons. The predicted octanol–water partition coefficient (Wildman–Crippen LogP) is 0.194. The first-order chi connectivity index (χ1) is 6.50. The van der Waals surface area contributed by atoms with Crippen molar-refractivity contribution >= 4 is 5.84 Å². The van der Waals surface area contributed by atoms with Gasteiger partial charge in [-0.15, -0.1) is 0 Å². The number of likely N-dealkylation sites (N-methyl/N-ethyl adjacent to an activating group) is 1. The van der Waals surface area contributed by atoms with E-state index in [0.29, 0.717) is 11.9 Å². The molecule has 3 N–H and O–H groups in total. The summed E-state index contributed by atoms with van der Waals surface area (Å²) in [6, 6.07) is 0.675. The summed E-state index contributed by atoms with van der Waals surface area (Å²) in [5, 5.41) is 7.34. The fourth-order valence-electron chi connectivity index (χ4n) is 1.89. The van der Waals surface area contributed by atoms with E-state index in [1.807, 2.05) is 6.92 Å². The normalized spacial score (nSPS) is 25.6. The van der Waals surface area contributed by atoms with Crippen molar-refractivity contribution in [2.24, 2.45) is 11.7 Å². The SMILES string of the molecule is CC(CN1CCC(N(C)C)C1)C(=N)N. The largest absolute Gasteiger partial charge is 0.387 e. The molecule has 1 rings (SSSR count). The van der Waals surface area contributed by atoms with E-state index in [1.165, 1.54) is 6.42 Å². The summed E-state index contributed by atoms with van der Waals surface area (Å²) < 4.78 is 0. The molecule has 0 aromatic carbocycles. The molecule has 1 saturated heterocycles. The molecule has 0 spiro atoms. The summed E-state index contributed by atoms with van der Waals surface area (Å²) in [7, 11) is 4.26. The summed E-state index contributed by atoms with van der Waals surface area (Å²) in [6.45, 7) is 5.20. The number of hydrogen-bond acceptors (Lipinski definition) is 3. The smallest absolute Gasteiger partial charge is 0.0947 e. The Kier molecular flexibility index (Phi) is 3.89. The fourth-order valence-corrected chi connectivity index (χ4v) is 1.89. The van der Waals surface area contributed by atoms with E-state index < -0.39 is 0 Å². The van der Waals surface area contributed by atoms with Crippen LogP contribution in [0.15, 0.2) is 0 Å². The zero-order chi connectivity index (χ0) is 10.7. The van der Waals surface area contributed by atoms with Crippen LogP contribution in [-0.4, -0.2) is 55.4 Å². The van der Waals surface area contributed by atoms with Crippen LogP contribution in [0.5, 0.6) is 0 Å². The highest BCUT2D eigenvalue weighted by Crippen LogP contribution is 2.14. The average molecular weight is 198 g/mol. The minimum atomic E-state index is 0.191. The van der Waals surface area contributed by atoms with Gasteiger partial charge < -0.3 is 15.5 Å². The Morgan fingerprint density at radius 3 is 2.71 bits per heavy atom. The fraction of sp³-hybridized carbons (Fsp3) is 0.900. The summed E-state index contributed by atoms with van der Waals surface area (Å²) >= 11 is 0. The van der Waals surface area contributed by atoms with E-state index in [-0.39, 0.29) is 5.92 Å². The summed E-state index contributed by atoms with van der Waals surface area (Å²) in [5.41, 5.74) is 5.45. The molecule has 1 fully saturated rings. The number of nitrogens with zero attached hydrogens (tertiary/aromatic N) is 2. The van der Waals surface area contributed by atoms with Crippen LogP contribution in [0.1, 0.15) is 13.3 Å². The number of hydrogen-bond donors (Lipinski definition) is 2. The molecule has 0 aliphatic carbocycles. The molecule has 0 aromatic rings. The van der Waals surface area contributed by atoms with Gasteiger partial charge in [0.05, 0.1) is 5.84 Å². The second-order valence-electron chi connectivity index (χ2n) is 4.52. The van der Waals surface area contributed by atoms with Crippen LogP contribution in [0.25, 0.3) is 0 Å². The predicted molar refractivity (Wildman–Crippen MR) is 59.6 cm³/mol. The molecule has 0 saturated carbocycles. The summed E-state index contributed by atoms with van der Waals surface area (Å²) in [5.74, 6) is 0.495. The number of likely N-dealkylation sites (tertiary alicyclic amines) is 1. The number of nitrogens with one attached hydrogen (secondary N) is 1. The van der Waals surface area contributed by atoms with E-state index >= 15 is 0 Å². The third-order valence-electron chi connectivity index (χ3n) is 3.04. The number of rotatable bonds is 4. The van der Waals surface area contributed by atoms with Crippen molar-refractivity contribution in [1.29, 1.82) is 5.41 Å². The first kappa shape index (κ1) is 11.5. The van der Waals surface area contributed by atoms with Gasteiger partial charge in [0.1, 0.15) is 0 Å². The monoisotopic (exact) mass is 198 g/mol. The van der Waals surface area contributed by atoms with Gasteiger partial charge in [0, 0.05) is 25.0 Å². The Bertz CT molecular complexity index is 202. The lowest BCUT2D eigenvalue weighted by molar-refractivity contribution is 0.260. The maximum absolute atomic E-state index is 7.34. The van der Waals surface area contributed by atoms with Crippen molar-refractivity contribution in [3.05, 3.63) is 0 Å². The van der Waals surface area contributed by atoms with Crippen molar-refractivity contribution in [3.63, 3.8) is 0 Å². The number of amidine groups is 1. The standard InChI is InChI=1S/C10H22N4/c1-8(10(11)12)6-14-5-4-9(7-14)13(2)3/h8-9H,4-7H2,1-3H3,(H3,11,12). The van der Waals surface area contributed by atoms with Crippen molar-refractivity contribution in [1.82, 2.24) is 9.80 Å². The van der Waals surface area contributed by atoms with Gasteiger partial charge in [-0.2, -0.15) is 0 Å². The van der Waals surface area contributed by atoms with Crippen LogP contribution < -0.4 is 5.73 Å². The molecule has 2 unspecified atom stereocenters. The van der Waals surface area contributed by atoms with Gasteiger partial charge in [0.25, 0.3) is 0 Å². The van der Waals surface area contributed by atoms with Crippen LogP contribution >= 0.6 is 0 Å². The Labute approximate surface area is 86.6 Å². The Morgan fingerprint density at radius 1 is 1.64 bits per heavy atom. The van der Waals surface area contributed by atoms with Crippen molar-refractivity contribution in [2.45, 2.75) is 19.4 Å². The van der Waals surface area contributed by atoms with Gasteiger partial charge in [-0.1, -0.05) is 6.92 Å². The highest BCUT2D eigenvalue weighted by atomic mass is 15.2. The van der Waals surface area contributed by atoms with Crippen molar-refractivity contribution in [2.75, 3.05) is 33.7 Å². The Balaban J connectivity index is 2.32. The van der Waals surface area contributed by atoms with Crippen LogP contribution in [0.2, 0.25) is 0 Å². The van der Waals surface area contributed by atoms with E-state index in [0.717, 1.165) is 19.6 Å². The lowest BCUT2D eigenvalue weighted by atomic mass is 10.1. The maximum Gasteiger partial charge on any atom is 0.0947 e. The van der Waals surface area contributed by atoms with Crippen LogP contribution in [0.4, 0.5) is 0 Å². The lowest BCUT2D eigenvalue weighted by Gasteiger charge is -2.22. The second kappa shape index (κ2) is 4.75. The number of nitrogens with two attached hydrogens (primary N) is 1. The van der Waals surface area contributed by atoms with E-state index in [1.54, 1.807) is 0 Å². The molecular weight excluding hydrogens is 176 g/mol. The third-order valence-corrected chi connectivity index (χ3v) is 3.04. The molecule has 1 aliphatic heterocycles. The van der Waals surface area contributed by atoms with Crippen LogP contribution in [-0.2, 0) is 0 Å². The summed E-state index contributed by atoms with van der Waals surface area (Å²) in [4.78, 5) is 4.68. The van der Waals surface area contributed by atoms with Crippen LogP contribution in [0.3, 0.4) is 0 Å². The molecule has 4 heteroatoms. The Hall–Kier alpha value is -0.610. The Morgan fingerprint density at radius 2 is 2.29 bits per heavy atom. The van der Waals surface area contributed by atoms with Crippen LogP contribution in [0, 0.1) is 11.3 Å². The molecule has 4 nitrogen and oxygen atoms in total. The van der Waals surface area contributed by atoms with Gasteiger partial charge in [-0.25, -0.2) is 0 Å². The summed E-state index contributed by atoms with van der Waals surface area (Å²) in [6.07, 6.45) is 1.23. The second-order valence-corrected chi connectivity index (χ2v) is 4.52. The molecule has 0 amide bonds. The first-order valence-electron chi connectivity index (χ1n) is 5.23. The lowest BCUT2D eigenvalue weighted by Crippen LogP contribution is -2.36. The van der Waals surface area contributed by atoms with Gasteiger partial charge in [0.15, 0.2) is 0 Å². The highest BCUT2D eigenvalue weighted by molar-refractivity contribution is 5.79. The van der Waals surface area contributed by atoms with Gasteiger partial charge in [-0.05, 0) is 27.1 Å². The van der Waals surface area contributed by atoms with Gasteiger partial charge in [-0.3, -0.25) is 5.41 Å². The topological polar surface area (TPSA) is 56.4 Å². The quantitative estimate of drug-likeness (QED) is 0.501. The maximum atomic E-state index is 7.34. The van der Waals surface area contributed by atoms with Gasteiger partial charge in [0.2, 0.25) is 0 Å². The molecule has 1 aliphatic rings. The van der Waals surface area contributed by atoms with Crippen molar-refractivity contribution < 1.29 is 0 Å². The minimum Gasteiger partial charge on any atom is -0.387 e. The van der Waals surface area contributed by atoms with Crippen molar-refractivity contribution in [3.8, 4) is 0 Å². The molecule has 2 atom stereocenters. The highest BCUT2D eigenvalue weighted by Gasteiger charge is 2.25. The first-order valence-corrected chi connectivity index (χ1v) is 5.23. The molecule has 0 bridgehead atoms. The average Bonchev–Trinajstić information content (AvgIpc) is 2.52. The van der Waals surface area contributed by atoms with E-state index in [2.05, 4.69) is 23.9 Å². The minimum absolute atomic E-state index is 0.191. The van der Waals surface area contributed by atoms with Gasteiger partial charge >= 0.3 is 0 Å². The van der Waals surface area contributed by atoms with E-state index in [9.17, 15) is 0 Å². The third kappa shape index (κ3) is 2.96. The molecule has 1 heterocycles. The molecule has 0 aromatic heterocycles. The molecule has 0 radical (unpaired) electrons. The molecule has 14 heavy (non-hydrogen) atoms.